The summed E-state index contributed by atoms with van der Waals surface area (Å²) in [5.41, 5.74) is -0.282. The molecule has 4 N–H and O–H groups in total. The number of piperidine rings is 1. The van der Waals surface area contributed by atoms with Crippen LogP contribution in [0.15, 0.2) is 94.7 Å². The predicted molar refractivity (Wildman–Crippen MR) is 268 cm³/mol. The van der Waals surface area contributed by atoms with Gasteiger partial charge in [-0.2, -0.15) is 9.10 Å². The Bertz CT molecular complexity index is 2850. The van der Waals surface area contributed by atoms with Gasteiger partial charge in [0.05, 0.1) is 52.1 Å². The van der Waals surface area contributed by atoms with Crippen molar-refractivity contribution < 1.29 is 59.6 Å². The van der Waals surface area contributed by atoms with Crippen LogP contribution in [0.1, 0.15) is 64.7 Å². The summed E-state index contributed by atoms with van der Waals surface area (Å²) in [5.74, 6) is 1.29. The number of nitrogens with one attached hydrogen (secondary N) is 3. The van der Waals surface area contributed by atoms with Gasteiger partial charge in [-0.1, -0.05) is 36.4 Å². The fourth-order valence-corrected chi connectivity index (χ4v) is 11.1. The first-order valence-corrected chi connectivity index (χ1v) is 26.2. The number of tetrazole rings is 1. The van der Waals surface area contributed by atoms with E-state index in [2.05, 4.69) is 30.8 Å². The van der Waals surface area contributed by atoms with Crippen molar-refractivity contribution >= 4 is 37.9 Å². The normalized spacial score (nSPS) is 15.9. The van der Waals surface area contributed by atoms with Crippen LogP contribution in [0.25, 0.3) is 11.4 Å². The Balaban J connectivity index is 1.53. The van der Waals surface area contributed by atoms with Crippen LogP contribution in [0.4, 0.5) is 19.7 Å². The van der Waals surface area contributed by atoms with Gasteiger partial charge in [0.15, 0.2) is 0 Å². The van der Waals surface area contributed by atoms with Crippen LogP contribution in [-0.4, -0.2) is 136 Å². The maximum Gasteiger partial charge on any atom is 0.407 e. The number of aliphatic hydroxyl groups is 1. The standard InChI is InChI=1S/C49H64FN9O12S2/c1-48(2,3)70-46(61)51-26-35(60)27-52-72(63,64)42-23-22-41(57-25-24-40(39(50)31-57)53-47(62)71-49(4,5)6)43(45-54-56-59(55-45)30-34-14-20-38(69-9)21-15-34)44(42)73(65,66)58(28-32-10-16-36(67-7)17-11-32)29-33-12-18-37(68-8)19-13-33/h10-23,35,39-40,52,60H,24-31H2,1-9H3,(H,51,61)(H,53,62)/t35-,39-,40+/m1/s1. The molecule has 0 saturated carbocycles. The molecule has 0 unspecified atom stereocenters. The monoisotopic (exact) mass is 1050 g/mol. The molecule has 0 spiro atoms. The summed E-state index contributed by atoms with van der Waals surface area (Å²) in [6.07, 6.45) is -4.89. The first-order chi connectivity index (χ1) is 34.4. The SMILES string of the molecule is COc1ccc(CN(Cc2ccc(OC)cc2)S(=O)(=O)c2c(S(=O)(=O)NC[C@H](O)CNC(=O)OC(C)(C)C)ccc(N3CC[C@H](NC(=O)OC(C)(C)C)[C@H](F)C3)c2-c2nnn(Cc3ccc(OC)cc3)n2)cc1. The van der Waals surface area contributed by atoms with Crippen LogP contribution >= 0.6 is 0 Å². The average Bonchev–Trinajstić information content (AvgIpc) is 3.80. The van der Waals surface area contributed by atoms with Gasteiger partial charge in [-0.05, 0) is 118 Å². The Labute approximate surface area is 425 Å². The quantitative estimate of drug-likeness (QED) is 0.0760. The number of sulfonamides is 2. The smallest absolute Gasteiger partial charge is 0.407 e. The zero-order valence-electron chi connectivity index (χ0n) is 42.3. The molecule has 24 heteroatoms. The van der Waals surface area contributed by atoms with Crippen molar-refractivity contribution in [1.82, 2.24) is 39.9 Å². The topological polar surface area (TPSA) is 255 Å². The number of carbonyl (C=O) groups excluding carboxylic acids is 2. The van der Waals surface area contributed by atoms with E-state index in [1.54, 1.807) is 114 Å². The molecule has 1 saturated heterocycles. The molecule has 0 aliphatic carbocycles. The van der Waals surface area contributed by atoms with E-state index in [1.807, 2.05) is 0 Å². The summed E-state index contributed by atoms with van der Waals surface area (Å²) in [7, 11) is -5.53. The van der Waals surface area contributed by atoms with Gasteiger partial charge in [0, 0.05) is 38.4 Å². The lowest BCUT2D eigenvalue weighted by Crippen LogP contribution is -2.53. The highest BCUT2D eigenvalue weighted by Gasteiger charge is 2.40. The van der Waals surface area contributed by atoms with Gasteiger partial charge in [-0.3, -0.25) is 0 Å². The Morgan fingerprint density at radius 2 is 1.29 bits per heavy atom. The zero-order chi connectivity index (χ0) is 53.3. The van der Waals surface area contributed by atoms with E-state index in [0.717, 1.165) is 10.4 Å². The van der Waals surface area contributed by atoms with Gasteiger partial charge < -0.3 is 44.3 Å². The number of halogens is 1. The largest absolute Gasteiger partial charge is 0.497 e. The molecule has 1 aliphatic heterocycles. The van der Waals surface area contributed by atoms with Crippen LogP contribution < -0.4 is 34.5 Å². The molecule has 5 aromatic rings. The molecular weight excluding hydrogens is 990 g/mol. The number of alkyl halides is 1. The van der Waals surface area contributed by atoms with E-state index < -0.39 is 91.2 Å². The number of anilines is 1. The molecule has 73 heavy (non-hydrogen) atoms. The zero-order valence-corrected chi connectivity index (χ0v) is 43.9. The van der Waals surface area contributed by atoms with Crippen LogP contribution in [0.2, 0.25) is 0 Å². The lowest BCUT2D eigenvalue weighted by Gasteiger charge is -2.38. The highest BCUT2D eigenvalue weighted by atomic mass is 32.2. The van der Waals surface area contributed by atoms with Gasteiger partial charge in [-0.15, -0.1) is 10.2 Å². The minimum atomic E-state index is -5.08. The second kappa shape index (κ2) is 23.5. The highest BCUT2D eigenvalue weighted by molar-refractivity contribution is 7.92. The van der Waals surface area contributed by atoms with Gasteiger partial charge in [0.25, 0.3) is 0 Å². The molecule has 0 radical (unpaired) electrons. The Morgan fingerprint density at radius 1 is 0.767 bits per heavy atom. The highest BCUT2D eigenvalue weighted by Crippen LogP contribution is 2.42. The molecule has 1 aromatic heterocycles. The Morgan fingerprint density at radius 3 is 1.79 bits per heavy atom. The Kier molecular flexibility index (Phi) is 17.9. The van der Waals surface area contributed by atoms with E-state index in [4.69, 9.17) is 23.7 Å². The van der Waals surface area contributed by atoms with E-state index in [0.29, 0.717) is 33.9 Å². The number of rotatable bonds is 20. The summed E-state index contributed by atoms with van der Waals surface area (Å²) in [6, 6.07) is 21.7. The lowest BCUT2D eigenvalue weighted by molar-refractivity contribution is 0.0460. The van der Waals surface area contributed by atoms with Crippen molar-refractivity contribution in [2.45, 2.75) is 107 Å². The van der Waals surface area contributed by atoms with Crippen molar-refractivity contribution in [3.05, 3.63) is 102 Å². The number of alkyl carbamates (subject to hydrolysis) is 2. The number of hydrogen-bond acceptors (Lipinski definition) is 16. The molecule has 2 heterocycles. The third-order valence-corrected chi connectivity index (χ3v) is 14.6. The molecular formula is C49H64FN9O12S2. The summed E-state index contributed by atoms with van der Waals surface area (Å²) >= 11 is 0. The second-order valence-electron chi connectivity index (χ2n) is 19.1. The third kappa shape index (κ3) is 15.2. The number of benzene rings is 4. The first-order valence-electron chi connectivity index (χ1n) is 23.2. The molecule has 3 atom stereocenters. The molecule has 2 amide bonds. The fourth-order valence-electron chi connectivity index (χ4n) is 7.65. The number of ether oxygens (including phenoxy) is 5. The summed E-state index contributed by atoms with van der Waals surface area (Å²) in [6.45, 7) is 7.95. The molecule has 1 fully saturated rings. The number of hydrogen-bond donors (Lipinski definition) is 4. The van der Waals surface area contributed by atoms with Gasteiger partial charge in [0.1, 0.15) is 44.4 Å². The number of aromatic nitrogens is 4. The van der Waals surface area contributed by atoms with E-state index >= 15 is 12.8 Å². The molecule has 0 bridgehead atoms. The molecule has 396 valence electrons. The molecule has 4 aromatic carbocycles. The van der Waals surface area contributed by atoms with E-state index in [1.165, 1.54) is 37.1 Å². The maximum atomic E-state index is 16.4. The fraction of sp³-hybridized carbons (Fsp3) is 0.449. The van der Waals surface area contributed by atoms with Gasteiger partial charge in [0.2, 0.25) is 25.9 Å². The number of methoxy groups -OCH3 is 3. The van der Waals surface area contributed by atoms with E-state index in [9.17, 15) is 23.1 Å². The summed E-state index contributed by atoms with van der Waals surface area (Å²) < 4.78 is 108. The van der Waals surface area contributed by atoms with Crippen LogP contribution in [0.5, 0.6) is 17.2 Å². The van der Waals surface area contributed by atoms with Gasteiger partial charge in [-0.25, -0.2) is 35.5 Å². The third-order valence-electron chi connectivity index (χ3n) is 11.2. The number of carbonyl (C=O) groups is 2. The van der Waals surface area contributed by atoms with E-state index in [-0.39, 0.29) is 49.7 Å². The van der Waals surface area contributed by atoms with Crippen LogP contribution in [0, 0.1) is 0 Å². The van der Waals surface area contributed by atoms with Crippen LogP contribution in [0.3, 0.4) is 0 Å². The average molecular weight is 1050 g/mol. The number of nitrogens with zero attached hydrogens (tertiary/aromatic N) is 6. The summed E-state index contributed by atoms with van der Waals surface area (Å²) in [4.78, 5) is 26.4. The maximum absolute atomic E-state index is 16.4. The first kappa shape index (κ1) is 55.7. The molecule has 6 rings (SSSR count). The minimum Gasteiger partial charge on any atom is -0.497 e. The molecule has 1 aliphatic rings. The summed E-state index contributed by atoms with van der Waals surface area (Å²) in [5, 5.41) is 29.1. The van der Waals surface area contributed by atoms with Crippen molar-refractivity contribution in [3.63, 3.8) is 0 Å². The van der Waals surface area contributed by atoms with Crippen LogP contribution in [-0.2, 0) is 49.2 Å². The van der Waals surface area contributed by atoms with Crippen molar-refractivity contribution in [2.24, 2.45) is 0 Å². The minimum absolute atomic E-state index is 0.0252. The Hall–Kier alpha value is -6.60. The second-order valence-corrected chi connectivity index (χ2v) is 22.7. The van der Waals surface area contributed by atoms with Crippen molar-refractivity contribution in [3.8, 4) is 28.6 Å². The number of amides is 2. The number of aliphatic hydroxyl groups excluding tert-OH is 1. The van der Waals surface area contributed by atoms with Crippen molar-refractivity contribution in [2.75, 3.05) is 52.4 Å². The van der Waals surface area contributed by atoms with Gasteiger partial charge >= 0.3 is 12.2 Å². The predicted octanol–water partition coefficient (Wildman–Crippen LogP) is 5.41. The van der Waals surface area contributed by atoms with Crippen molar-refractivity contribution in [1.29, 1.82) is 0 Å². The lowest BCUT2D eigenvalue weighted by atomic mass is 10.0. The molecule has 21 nitrogen and oxygen atoms in total.